The molecule has 3 heteroatoms. The van der Waals surface area contributed by atoms with Gasteiger partial charge in [-0.05, 0) is 56.7 Å². The third-order valence-electron chi connectivity index (χ3n) is 4.37. The second-order valence-corrected chi connectivity index (χ2v) is 6.25. The first-order chi connectivity index (χ1) is 10.1. The van der Waals surface area contributed by atoms with Crippen LogP contribution in [0, 0.1) is 20.8 Å². The molecule has 0 bridgehead atoms. The number of hydrogen-bond acceptors (Lipinski definition) is 2. The third kappa shape index (κ3) is 4.57. The average molecular weight is 288 g/mol. The molecule has 1 aromatic carbocycles. The molecule has 116 valence electrons. The van der Waals surface area contributed by atoms with Crippen LogP contribution in [0.15, 0.2) is 12.1 Å². The molecule has 2 rings (SSSR count). The number of carbonyl (C=O) groups is 1. The van der Waals surface area contributed by atoms with Crippen molar-refractivity contribution in [3.8, 4) is 0 Å². The summed E-state index contributed by atoms with van der Waals surface area (Å²) in [6.07, 6.45) is 4.22. The smallest absolute Gasteiger partial charge is 0.223 e. The van der Waals surface area contributed by atoms with E-state index in [4.69, 9.17) is 0 Å². The van der Waals surface area contributed by atoms with Crippen LogP contribution in [0.5, 0.6) is 0 Å². The van der Waals surface area contributed by atoms with Crippen LogP contribution in [0.2, 0.25) is 0 Å². The lowest BCUT2D eigenvalue weighted by atomic mass is 10.00. The Morgan fingerprint density at radius 3 is 2.33 bits per heavy atom. The van der Waals surface area contributed by atoms with E-state index in [1.54, 1.807) is 0 Å². The van der Waals surface area contributed by atoms with Crippen molar-refractivity contribution in [3.05, 3.63) is 34.4 Å². The van der Waals surface area contributed by atoms with E-state index in [2.05, 4.69) is 38.2 Å². The molecule has 1 aliphatic rings. The predicted octanol–water partition coefficient (Wildman–Crippen LogP) is 3.10. The number of carbonyl (C=O) groups excluding carboxylic acids is 1. The van der Waals surface area contributed by atoms with Crippen molar-refractivity contribution in [2.24, 2.45) is 0 Å². The Bertz CT molecular complexity index is 467. The molecule has 0 aromatic heterocycles. The van der Waals surface area contributed by atoms with E-state index in [-0.39, 0.29) is 0 Å². The summed E-state index contributed by atoms with van der Waals surface area (Å²) in [5, 5.41) is 3.43. The molecule has 1 amide bonds. The molecule has 1 aromatic rings. The molecule has 1 N–H and O–H groups in total. The van der Waals surface area contributed by atoms with Gasteiger partial charge in [0, 0.05) is 32.6 Å². The zero-order chi connectivity index (χ0) is 15.2. The molecule has 1 saturated heterocycles. The first-order valence-electron chi connectivity index (χ1n) is 8.13. The maximum atomic E-state index is 12.1. The minimum atomic E-state index is 0.305. The normalized spacial score (nSPS) is 15.3. The number of piperidine rings is 1. The van der Waals surface area contributed by atoms with Gasteiger partial charge in [0.2, 0.25) is 5.91 Å². The van der Waals surface area contributed by atoms with Gasteiger partial charge in [0.1, 0.15) is 0 Å². The van der Waals surface area contributed by atoms with Crippen LogP contribution in [-0.4, -0.2) is 30.4 Å². The zero-order valence-corrected chi connectivity index (χ0v) is 13.7. The molecule has 0 spiro atoms. The van der Waals surface area contributed by atoms with Crippen molar-refractivity contribution in [2.75, 3.05) is 19.6 Å². The zero-order valence-electron chi connectivity index (χ0n) is 13.7. The number of rotatable bonds is 5. The molecular formula is C18H28N2O. The highest BCUT2D eigenvalue weighted by Crippen LogP contribution is 2.16. The van der Waals surface area contributed by atoms with Gasteiger partial charge in [-0.3, -0.25) is 4.79 Å². The molecule has 0 atom stereocenters. The van der Waals surface area contributed by atoms with E-state index < -0.39 is 0 Å². The number of aryl methyl sites for hydroxylation is 3. The Hall–Kier alpha value is -1.35. The van der Waals surface area contributed by atoms with E-state index >= 15 is 0 Å². The average Bonchev–Trinajstić information content (AvgIpc) is 2.46. The molecule has 3 nitrogen and oxygen atoms in total. The van der Waals surface area contributed by atoms with Gasteiger partial charge in [-0.1, -0.05) is 17.7 Å². The first kappa shape index (κ1) is 16.0. The molecule has 1 fully saturated rings. The standard InChI is InChI=1S/C18H28N2O/c1-14-11-15(2)17(16(3)12-14)13-19-8-7-18(21)20-9-5-4-6-10-20/h11-12,19H,4-10,13H2,1-3H3. The van der Waals surface area contributed by atoms with Gasteiger partial charge in [-0.15, -0.1) is 0 Å². The fraction of sp³-hybridized carbons (Fsp3) is 0.611. The first-order valence-corrected chi connectivity index (χ1v) is 8.13. The molecular weight excluding hydrogens is 260 g/mol. The summed E-state index contributed by atoms with van der Waals surface area (Å²) in [5.74, 6) is 0.305. The summed E-state index contributed by atoms with van der Waals surface area (Å²) < 4.78 is 0. The third-order valence-corrected chi connectivity index (χ3v) is 4.37. The molecule has 0 radical (unpaired) electrons. The van der Waals surface area contributed by atoms with E-state index in [1.165, 1.54) is 41.5 Å². The molecule has 1 aliphatic heterocycles. The quantitative estimate of drug-likeness (QED) is 0.844. The second-order valence-electron chi connectivity index (χ2n) is 6.25. The van der Waals surface area contributed by atoms with E-state index in [0.717, 1.165) is 26.2 Å². The van der Waals surface area contributed by atoms with Gasteiger partial charge >= 0.3 is 0 Å². The van der Waals surface area contributed by atoms with Crippen molar-refractivity contribution in [2.45, 2.75) is 53.0 Å². The lowest BCUT2D eigenvalue weighted by Gasteiger charge is -2.26. The van der Waals surface area contributed by atoms with Crippen LogP contribution in [0.1, 0.15) is 47.9 Å². The summed E-state index contributed by atoms with van der Waals surface area (Å²) in [4.78, 5) is 14.1. The fourth-order valence-electron chi connectivity index (χ4n) is 3.20. The number of benzene rings is 1. The van der Waals surface area contributed by atoms with Crippen LogP contribution >= 0.6 is 0 Å². The molecule has 0 unspecified atom stereocenters. The van der Waals surface area contributed by atoms with Gasteiger partial charge in [0.05, 0.1) is 0 Å². The Kier molecular flexibility index (Phi) is 5.80. The Morgan fingerprint density at radius 2 is 1.71 bits per heavy atom. The minimum Gasteiger partial charge on any atom is -0.343 e. The number of likely N-dealkylation sites (tertiary alicyclic amines) is 1. The highest BCUT2D eigenvalue weighted by Gasteiger charge is 2.15. The largest absolute Gasteiger partial charge is 0.343 e. The molecule has 0 saturated carbocycles. The highest BCUT2D eigenvalue weighted by atomic mass is 16.2. The van der Waals surface area contributed by atoms with Crippen molar-refractivity contribution in [3.63, 3.8) is 0 Å². The van der Waals surface area contributed by atoms with Gasteiger partial charge in [0.15, 0.2) is 0 Å². The lowest BCUT2D eigenvalue weighted by molar-refractivity contribution is -0.131. The van der Waals surface area contributed by atoms with Crippen LogP contribution in [0.3, 0.4) is 0 Å². The topological polar surface area (TPSA) is 32.3 Å². The number of nitrogens with zero attached hydrogens (tertiary/aromatic N) is 1. The van der Waals surface area contributed by atoms with Crippen molar-refractivity contribution >= 4 is 5.91 Å². The number of hydrogen-bond donors (Lipinski definition) is 1. The maximum absolute atomic E-state index is 12.1. The van der Waals surface area contributed by atoms with Crippen molar-refractivity contribution in [1.82, 2.24) is 10.2 Å². The summed E-state index contributed by atoms with van der Waals surface area (Å²) in [5.41, 5.74) is 5.35. The van der Waals surface area contributed by atoms with Gasteiger partial charge in [-0.25, -0.2) is 0 Å². The molecule has 21 heavy (non-hydrogen) atoms. The van der Waals surface area contributed by atoms with Crippen LogP contribution in [0.25, 0.3) is 0 Å². The lowest BCUT2D eigenvalue weighted by Crippen LogP contribution is -2.37. The van der Waals surface area contributed by atoms with Crippen molar-refractivity contribution in [1.29, 1.82) is 0 Å². The van der Waals surface area contributed by atoms with Crippen LogP contribution in [-0.2, 0) is 11.3 Å². The van der Waals surface area contributed by atoms with Gasteiger partial charge in [0.25, 0.3) is 0 Å². The summed E-state index contributed by atoms with van der Waals surface area (Å²) >= 11 is 0. The van der Waals surface area contributed by atoms with Crippen molar-refractivity contribution < 1.29 is 4.79 Å². The second kappa shape index (κ2) is 7.60. The summed E-state index contributed by atoms with van der Waals surface area (Å²) in [7, 11) is 0. The predicted molar refractivity (Wildman–Crippen MR) is 87.4 cm³/mol. The Labute approximate surface area is 128 Å². The number of amides is 1. The fourth-order valence-corrected chi connectivity index (χ4v) is 3.20. The summed E-state index contributed by atoms with van der Waals surface area (Å²) in [6.45, 7) is 9.98. The molecule has 0 aliphatic carbocycles. The minimum absolute atomic E-state index is 0.305. The molecule has 1 heterocycles. The number of nitrogens with one attached hydrogen (secondary N) is 1. The Morgan fingerprint density at radius 1 is 1.10 bits per heavy atom. The highest BCUT2D eigenvalue weighted by molar-refractivity contribution is 5.76. The SMILES string of the molecule is Cc1cc(C)c(CNCCC(=O)N2CCCCC2)c(C)c1. The van der Waals surface area contributed by atoms with E-state index in [1.807, 2.05) is 4.90 Å². The van der Waals surface area contributed by atoms with E-state index in [9.17, 15) is 4.79 Å². The van der Waals surface area contributed by atoms with E-state index in [0.29, 0.717) is 12.3 Å². The van der Waals surface area contributed by atoms with Crippen LogP contribution < -0.4 is 5.32 Å². The maximum Gasteiger partial charge on any atom is 0.223 e. The Balaban J connectivity index is 1.76. The van der Waals surface area contributed by atoms with Gasteiger partial charge in [-0.2, -0.15) is 0 Å². The van der Waals surface area contributed by atoms with Gasteiger partial charge < -0.3 is 10.2 Å². The monoisotopic (exact) mass is 288 g/mol. The summed E-state index contributed by atoms with van der Waals surface area (Å²) in [6, 6.07) is 4.45. The van der Waals surface area contributed by atoms with Crippen LogP contribution in [0.4, 0.5) is 0 Å².